The van der Waals surface area contributed by atoms with Gasteiger partial charge in [0.1, 0.15) is 28.8 Å². The first-order valence-corrected chi connectivity index (χ1v) is 13.4. The van der Waals surface area contributed by atoms with E-state index in [0.29, 0.717) is 0 Å². The Bertz CT molecular complexity index is 856. The van der Waals surface area contributed by atoms with Gasteiger partial charge in [-0.3, -0.25) is 4.79 Å². The highest BCUT2D eigenvalue weighted by atomic mass is 31.2. The molecular formula is C28H35NO2P+. The van der Waals surface area contributed by atoms with Crippen molar-refractivity contribution in [2.75, 3.05) is 19.3 Å². The van der Waals surface area contributed by atoms with Gasteiger partial charge in [0, 0.05) is 0 Å². The summed E-state index contributed by atoms with van der Waals surface area (Å²) in [7, 11) is -1.77. The molecule has 0 unspecified atom stereocenters. The van der Waals surface area contributed by atoms with Crippen LogP contribution in [0.1, 0.15) is 33.6 Å². The number of carbonyl (C=O) groups is 1. The number of rotatable bonds is 10. The van der Waals surface area contributed by atoms with Crippen molar-refractivity contribution in [1.29, 1.82) is 0 Å². The minimum atomic E-state index is -1.77. The lowest BCUT2D eigenvalue weighted by Crippen LogP contribution is -2.34. The second-order valence-corrected chi connectivity index (χ2v) is 12.6. The average Bonchev–Trinajstić information content (AvgIpc) is 2.79. The standard InChI is InChI=1S/C28H35NO2P/c1-28(2,3)31-27(30)23-29-21-13-14-22-32(24-15-7-4-8-16-24,25-17-9-5-10-18-25)26-19-11-6-12-20-26/h4-12,15-20,29H,13-14,21-23H2,1-3H3/q+1. The van der Waals surface area contributed by atoms with Crippen LogP contribution in [0.5, 0.6) is 0 Å². The highest BCUT2D eigenvalue weighted by Gasteiger charge is 2.44. The van der Waals surface area contributed by atoms with Crippen LogP contribution in [-0.4, -0.2) is 30.8 Å². The third kappa shape index (κ3) is 6.51. The molecule has 4 heteroatoms. The summed E-state index contributed by atoms with van der Waals surface area (Å²) >= 11 is 0. The molecule has 1 N–H and O–H groups in total. The Morgan fingerprint density at radius 3 is 1.59 bits per heavy atom. The van der Waals surface area contributed by atoms with Gasteiger partial charge in [-0.1, -0.05) is 54.6 Å². The molecular weight excluding hydrogens is 413 g/mol. The van der Waals surface area contributed by atoms with Gasteiger partial charge in [0.15, 0.2) is 0 Å². The molecule has 3 aromatic rings. The second-order valence-electron chi connectivity index (χ2n) is 9.01. The van der Waals surface area contributed by atoms with Gasteiger partial charge in [0.2, 0.25) is 0 Å². The lowest BCUT2D eigenvalue weighted by atomic mass is 10.2. The minimum Gasteiger partial charge on any atom is -0.459 e. The molecule has 32 heavy (non-hydrogen) atoms. The number of hydrogen-bond donors (Lipinski definition) is 1. The predicted octanol–water partition coefficient (Wildman–Crippen LogP) is 4.69. The van der Waals surface area contributed by atoms with Gasteiger partial charge in [-0.25, -0.2) is 0 Å². The first kappa shape index (κ1) is 24.2. The Balaban J connectivity index is 1.75. The highest BCUT2D eigenvalue weighted by Crippen LogP contribution is 2.55. The molecule has 0 amide bonds. The van der Waals surface area contributed by atoms with Crippen molar-refractivity contribution in [3.05, 3.63) is 91.0 Å². The normalized spacial score (nSPS) is 11.8. The van der Waals surface area contributed by atoms with E-state index in [2.05, 4.69) is 96.3 Å². The maximum Gasteiger partial charge on any atom is 0.320 e. The van der Waals surface area contributed by atoms with Crippen molar-refractivity contribution >= 4 is 29.1 Å². The molecule has 0 saturated heterocycles. The van der Waals surface area contributed by atoms with Gasteiger partial charge in [0.05, 0.1) is 12.7 Å². The van der Waals surface area contributed by atoms with Crippen molar-refractivity contribution in [2.45, 2.75) is 39.2 Å². The quantitative estimate of drug-likeness (QED) is 0.278. The minimum absolute atomic E-state index is 0.197. The number of esters is 1. The molecule has 168 valence electrons. The lowest BCUT2D eigenvalue weighted by Gasteiger charge is -2.27. The number of benzene rings is 3. The maximum atomic E-state index is 11.9. The van der Waals surface area contributed by atoms with Gasteiger partial charge < -0.3 is 10.1 Å². The van der Waals surface area contributed by atoms with Crippen LogP contribution in [0.25, 0.3) is 0 Å². The third-order valence-corrected chi connectivity index (χ3v) is 9.90. The van der Waals surface area contributed by atoms with E-state index in [1.54, 1.807) is 0 Å². The van der Waals surface area contributed by atoms with E-state index in [4.69, 9.17) is 4.74 Å². The highest BCUT2D eigenvalue weighted by molar-refractivity contribution is 7.95. The molecule has 0 fully saturated rings. The molecule has 0 radical (unpaired) electrons. The predicted molar refractivity (Wildman–Crippen MR) is 138 cm³/mol. The fourth-order valence-electron chi connectivity index (χ4n) is 4.05. The van der Waals surface area contributed by atoms with Crippen LogP contribution in [-0.2, 0) is 9.53 Å². The molecule has 3 nitrogen and oxygen atoms in total. The van der Waals surface area contributed by atoms with E-state index in [1.165, 1.54) is 15.9 Å². The summed E-state index contributed by atoms with van der Waals surface area (Å²) in [5, 5.41) is 7.50. The summed E-state index contributed by atoms with van der Waals surface area (Å²) in [5.74, 6) is -0.197. The number of unbranched alkanes of at least 4 members (excludes halogenated alkanes) is 1. The Morgan fingerprint density at radius 1 is 0.750 bits per heavy atom. The van der Waals surface area contributed by atoms with Gasteiger partial charge in [0.25, 0.3) is 0 Å². The van der Waals surface area contributed by atoms with E-state index in [0.717, 1.165) is 25.5 Å². The fourth-order valence-corrected chi connectivity index (χ4v) is 8.46. The molecule has 0 heterocycles. The Kier molecular flexibility index (Phi) is 8.61. The van der Waals surface area contributed by atoms with Crippen LogP contribution in [0.2, 0.25) is 0 Å². The zero-order chi connectivity index (χ0) is 22.9. The average molecular weight is 449 g/mol. The first-order valence-electron chi connectivity index (χ1n) is 11.4. The number of nitrogens with one attached hydrogen (secondary N) is 1. The molecule has 3 aromatic carbocycles. The van der Waals surface area contributed by atoms with Crippen molar-refractivity contribution in [2.24, 2.45) is 0 Å². The van der Waals surface area contributed by atoms with E-state index in [9.17, 15) is 4.79 Å². The molecule has 0 atom stereocenters. The van der Waals surface area contributed by atoms with Crippen molar-refractivity contribution < 1.29 is 9.53 Å². The summed E-state index contributed by atoms with van der Waals surface area (Å²) in [5.41, 5.74) is -0.441. The molecule has 0 saturated carbocycles. The van der Waals surface area contributed by atoms with Gasteiger partial charge in [-0.15, -0.1) is 0 Å². The first-order chi connectivity index (χ1) is 15.4. The number of carbonyl (C=O) groups excluding carboxylic acids is 1. The second kappa shape index (κ2) is 11.4. The molecule has 0 bridgehead atoms. The number of ether oxygens (including phenoxy) is 1. The van der Waals surface area contributed by atoms with Crippen LogP contribution in [0, 0.1) is 0 Å². The summed E-state index contributed by atoms with van der Waals surface area (Å²) in [6.45, 7) is 6.74. The SMILES string of the molecule is CC(C)(C)OC(=O)CNCCCC[P+](c1ccccc1)(c1ccccc1)c1ccccc1. The maximum absolute atomic E-state index is 11.9. The number of hydrogen-bond acceptors (Lipinski definition) is 3. The summed E-state index contributed by atoms with van der Waals surface area (Å²) in [6, 6.07) is 32.9. The van der Waals surface area contributed by atoms with Crippen molar-refractivity contribution in [1.82, 2.24) is 5.32 Å². The van der Waals surface area contributed by atoms with Crippen LogP contribution >= 0.6 is 7.26 Å². The van der Waals surface area contributed by atoms with Crippen LogP contribution in [0.3, 0.4) is 0 Å². The zero-order valence-corrected chi connectivity index (χ0v) is 20.4. The molecule has 0 aliphatic carbocycles. The summed E-state index contributed by atoms with van der Waals surface area (Å²) < 4.78 is 5.38. The zero-order valence-electron chi connectivity index (χ0n) is 19.5. The fraction of sp³-hybridized carbons (Fsp3) is 0.321. The van der Waals surface area contributed by atoms with Crippen LogP contribution in [0.15, 0.2) is 91.0 Å². The summed E-state index contributed by atoms with van der Waals surface area (Å²) in [6.07, 6.45) is 3.18. The Labute approximate surface area is 193 Å². The van der Waals surface area contributed by atoms with Gasteiger partial charge in [-0.2, -0.15) is 0 Å². The molecule has 0 aliphatic heterocycles. The Morgan fingerprint density at radius 2 is 1.19 bits per heavy atom. The van der Waals surface area contributed by atoms with Crippen LogP contribution in [0.4, 0.5) is 0 Å². The monoisotopic (exact) mass is 448 g/mol. The molecule has 0 spiro atoms. The molecule has 0 aromatic heterocycles. The van der Waals surface area contributed by atoms with Gasteiger partial charge in [-0.05, 0) is 76.6 Å². The van der Waals surface area contributed by atoms with Crippen molar-refractivity contribution in [3.63, 3.8) is 0 Å². The van der Waals surface area contributed by atoms with Crippen molar-refractivity contribution in [3.8, 4) is 0 Å². The van der Waals surface area contributed by atoms with E-state index in [1.807, 2.05) is 20.8 Å². The van der Waals surface area contributed by atoms with E-state index < -0.39 is 12.9 Å². The van der Waals surface area contributed by atoms with E-state index >= 15 is 0 Å². The van der Waals surface area contributed by atoms with Gasteiger partial charge >= 0.3 is 5.97 Å². The Hall–Kier alpha value is -2.48. The van der Waals surface area contributed by atoms with E-state index in [-0.39, 0.29) is 12.5 Å². The molecule has 0 aliphatic rings. The largest absolute Gasteiger partial charge is 0.459 e. The topological polar surface area (TPSA) is 38.3 Å². The summed E-state index contributed by atoms with van der Waals surface area (Å²) in [4.78, 5) is 11.9. The third-order valence-electron chi connectivity index (χ3n) is 5.38. The smallest absolute Gasteiger partial charge is 0.320 e. The lowest BCUT2D eigenvalue weighted by molar-refractivity contribution is -0.153. The molecule has 3 rings (SSSR count). The van der Waals surface area contributed by atoms with Crippen LogP contribution < -0.4 is 21.2 Å².